The van der Waals surface area contributed by atoms with Gasteiger partial charge in [0.05, 0.1) is 5.39 Å². The molecular formula is C14H20N4. The zero-order valence-corrected chi connectivity index (χ0v) is 11.5. The van der Waals surface area contributed by atoms with Crippen LogP contribution in [0.3, 0.4) is 0 Å². The van der Waals surface area contributed by atoms with Gasteiger partial charge in [-0.25, -0.2) is 9.97 Å². The molecule has 0 aliphatic heterocycles. The lowest BCUT2D eigenvalue weighted by Crippen LogP contribution is -2.05. The number of rotatable bonds is 2. The first-order chi connectivity index (χ1) is 8.49. The van der Waals surface area contributed by atoms with Gasteiger partial charge in [0, 0.05) is 12.2 Å². The molecule has 4 heteroatoms. The highest BCUT2D eigenvalue weighted by molar-refractivity contribution is 5.91. The zero-order valence-electron chi connectivity index (χ0n) is 11.5. The number of aromatic nitrogens is 3. The number of anilines is 1. The molecular weight excluding hydrogens is 224 g/mol. The molecule has 4 nitrogen and oxygen atoms in total. The Bertz CT molecular complexity index is 626. The molecule has 2 aromatic heterocycles. The third kappa shape index (κ3) is 1.59. The average Bonchev–Trinajstić information content (AvgIpc) is 2.93. The Kier molecular flexibility index (Phi) is 2.37. The number of aryl methyl sites for hydroxylation is 2. The highest BCUT2D eigenvalue weighted by Crippen LogP contribution is 2.40. The Balaban J connectivity index is 2.20. The molecule has 0 bridgehead atoms. The molecule has 1 aliphatic rings. The predicted octanol–water partition coefficient (Wildman–Crippen LogP) is 2.59. The first-order valence-corrected chi connectivity index (χ1v) is 6.58. The van der Waals surface area contributed by atoms with Gasteiger partial charge >= 0.3 is 0 Å². The van der Waals surface area contributed by atoms with Crippen LogP contribution in [0.5, 0.6) is 0 Å². The highest BCUT2D eigenvalue weighted by Gasteiger charge is 2.33. The fourth-order valence-electron chi connectivity index (χ4n) is 2.79. The summed E-state index contributed by atoms with van der Waals surface area (Å²) in [7, 11) is 0. The first-order valence-electron chi connectivity index (χ1n) is 6.58. The third-order valence-electron chi connectivity index (χ3n) is 4.30. The molecule has 1 aliphatic carbocycles. The fraction of sp³-hybridized carbons (Fsp3) is 0.571. The molecule has 2 atom stereocenters. The van der Waals surface area contributed by atoms with E-state index in [1.807, 2.05) is 6.92 Å². The first kappa shape index (κ1) is 11.5. The SMILES string of the molecule is Cc1nc(N)c2c(C)c(C)n(CC3CC3C)c2n1. The maximum absolute atomic E-state index is 6.05. The van der Waals surface area contributed by atoms with E-state index >= 15 is 0 Å². The lowest BCUT2D eigenvalue weighted by Gasteiger charge is -2.07. The van der Waals surface area contributed by atoms with Crippen LogP contribution >= 0.6 is 0 Å². The van der Waals surface area contributed by atoms with E-state index in [-0.39, 0.29) is 0 Å². The summed E-state index contributed by atoms with van der Waals surface area (Å²) in [6.45, 7) is 9.54. The Morgan fingerprint density at radius 3 is 2.56 bits per heavy atom. The molecule has 2 unspecified atom stereocenters. The summed E-state index contributed by atoms with van der Waals surface area (Å²) in [5, 5.41) is 1.03. The molecule has 3 rings (SSSR count). The monoisotopic (exact) mass is 244 g/mol. The van der Waals surface area contributed by atoms with E-state index in [4.69, 9.17) is 5.73 Å². The Morgan fingerprint density at radius 1 is 1.28 bits per heavy atom. The number of nitrogens with two attached hydrogens (primary N) is 1. The van der Waals surface area contributed by atoms with Gasteiger partial charge in [0.2, 0.25) is 0 Å². The van der Waals surface area contributed by atoms with Gasteiger partial charge in [0.25, 0.3) is 0 Å². The Hall–Kier alpha value is -1.58. The van der Waals surface area contributed by atoms with Crippen molar-refractivity contribution in [2.75, 3.05) is 5.73 Å². The van der Waals surface area contributed by atoms with Crippen LogP contribution in [0, 0.1) is 32.6 Å². The summed E-state index contributed by atoms with van der Waals surface area (Å²) in [6.07, 6.45) is 1.33. The van der Waals surface area contributed by atoms with E-state index in [2.05, 4.69) is 35.3 Å². The van der Waals surface area contributed by atoms with Crippen LogP contribution in [0.1, 0.15) is 30.4 Å². The number of hydrogen-bond donors (Lipinski definition) is 1. The number of nitrogen functional groups attached to an aromatic ring is 1. The Labute approximate surface area is 107 Å². The second kappa shape index (κ2) is 3.70. The van der Waals surface area contributed by atoms with Crippen LogP contribution in [0.25, 0.3) is 11.0 Å². The molecule has 96 valence electrons. The van der Waals surface area contributed by atoms with Gasteiger partial charge in [-0.05, 0) is 44.6 Å². The van der Waals surface area contributed by atoms with Gasteiger partial charge in [-0.3, -0.25) is 0 Å². The maximum atomic E-state index is 6.05. The summed E-state index contributed by atoms with van der Waals surface area (Å²) in [4.78, 5) is 8.88. The summed E-state index contributed by atoms with van der Waals surface area (Å²) in [6, 6.07) is 0. The van der Waals surface area contributed by atoms with Gasteiger partial charge in [-0.2, -0.15) is 0 Å². The second-order valence-corrected chi connectivity index (χ2v) is 5.65. The predicted molar refractivity (Wildman–Crippen MR) is 73.4 cm³/mol. The van der Waals surface area contributed by atoms with Gasteiger partial charge in [-0.1, -0.05) is 6.92 Å². The number of fused-ring (bicyclic) bond motifs is 1. The smallest absolute Gasteiger partial charge is 0.146 e. The van der Waals surface area contributed by atoms with E-state index in [9.17, 15) is 0 Å². The van der Waals surface area contributed by atoms with Crippen molar-refractivity contribution in [2.24, 2.45) is 11.8 Å². The van der Waals surface area contributed by atoms with Crippen molar-refractivity contribution in [3.63, 3.8) is 0 Å². The summed E-state index contributed by atoms with van der Waals surface area (Å²) in [5.41, 5.74) is 9.55. The van der Waals surface area contributed by atoms with Crippen LogP contribution in [-0.4, -0.2) is 14.5 Å². The van der Waals surface area contributed by atoms with E-state index in [1.165, 1.54) is 17.7 Å². The standard InChI is InChI=1S/C14H20N4/c1-7-5-11(7)6-18-9(3)8(2)12-13(15)16-10(4)17-14(12)18/h7,11H,5-6H2,1-4H3,(H2,15,16,17). The molecule has 2 N–H and O–H groups in total. The Morgan fingerprint density at radius 2 is 1.94 bits per heavy atom. The topological polar surface area (TPSA) is 56.7 Å². The third-order valence-corrected chi connectivity index (χ3v) is 4.30. The van der Waals surface area contributed by atoms with Crippen molar-refractivity contribution < 1.29 is 0 Å². The average molecular weight is 244 g/mol. The number of nitrogens with zero attached hydrogens (tertiary/aromatic N) is 3. The largest absolute Gasteiger partial charge is 0.383 e. The lowest BCUT2D eigenvalue weighted by molar-refractivity contribution is 0.594. The van der Waals surface area contributed by atoms with Gasteiger partial charge in [0.15, 0.2) is 0 Å². The van der Waals surface area contributed by atoms with Gasteiger partial charge < -0.3 is 10.3 Å². The lowest BCUT2D eigenvalue weighted by atomic mass is 10.2. The molecule has 0 aromatic carbocycles. The minimum atomic E-state index is 0.612. The zero-order chi connectivity index (χ0) is 13.0. The molecule has 0 spiro atoms. The summed E-state index contributed by atoms with van der Waals surface area (Å²) >= 11 is 0. The quantitative estimate of drug-likeness (QED) is 0.883. The van der Waals surface area contributed by atoms with E-state index in [0.717, 1.165) is 35.2 Å². The molecule has 0 amide bonds. The van der Waals surface area contributed by atoms with Crippen molar-refractivity contribution in [3.05, 3.63) is 17.1 Å². The summed E-state index contributed by atoms with van der Waals surface area (Å²) < 4.78 is 2.32. The van der Waals surface area contributed by atoms with Crippen molar-refractivity contribution in [2.45, 2.75) is 40.7 Å². The van der Waals surface area contributed by atoms with Crippen molar-refractivity contribution in [1.29, 1.82) is 0 Å². The van der Waals surface area contributed by atoms with Gasteiger partial charge in [0.1, 0.15) is 17.3 Å². The van der Waals surface area contributed by atoms with Crippen LogP contribution in [0.15, 0.2) is 0 Å². The number of hydrogen-bond acceptors (Lipinski definition) is 3. The molecule has 1 fully saturated rings. The van der Waals surface area contributed by atoms with Crippen LogP contribution < -0.4 is 5.73 Å². The molecule has 1 saturated carbocycles. The molecule has 18 heavy (non-hydrogen) atoms. The normalized spacial score (nSPS) is 22.7. The highest BCUT2D eigenvalue weighted by atomic mass is 15.1. The summed E-state index contributed by atoms with van der Waals surface area (Å²) in [5.74, 6) is 3.01. The van der Waals surface area contributed by atoms with Gasteiger partial charge in [-0.15, -0.1) is 0 Å². The van der Waals surface area contributed by atoms with Crippen LogP contribution in [-0.2, 0) is 6.54 Å². The van der Waals surface area contributed by atoms with Crippen molar-refractivity contribution >= 4 is 16.9 Å². The van der Waals surface area contributed by atoms with E-state index < -0.39 is 0 Å². The van der Waals surface area contributed by atoms with Crippen molar-refractivity contribution in [3.8, 4) is 0 Å². The minimum Gasteiger partial charge on any atom is -0.383 e. The van der Waals surface area contributed by atoms with Crippen LogP contribution in [0.2, 0.25) is 0 Å². The fourth-order valence-corrected chi connectivity index (χ4v) is 2.79. The second-order valence-electron chi connectivity index (χ2n) is 5.65. The molecule has 2 aromatic rings. The minimum absolute atomic E-state index is 0.612. The molecule has 0 radical (unpaired) electrons. The van der Waals surface area contributed by atoms with Crippen LogP contribution in [0.4, 0.5) is 5.82 Å². The maximum Gasteiger partial charge on any atom is 0.146 e. The van der Waals surface area contributed by atoms with Crippen molar-refractivity contribution in [1.82, 2.24) is 14.5 Å². The van der Waals surface area contributed by atoms with E-state index in [1.54, 1.807) is 0 Å². The molecule has 0 saturated heterocycles. The molecule has 2 heterocycles. The van der Waals surface area contributed by atoms with E-state index in [0.29, 0.717) is 5.82 Å².